The summed E-state index contributed by atoms with van der Waals surface area (Å²) >= 11 is 1.47. The maximum Gasteiger partial charge on any atom is 0.307 e. The molecule has 0 aliphatic carbocycles. The smallest absolute Gasteiger partial charge is 0.307 e. The summed E-state index contributed by atoms with van der Waals surface area (Å²) in [7, 11) is 0. The number of benzene rings is 2. The van der Waals surface area contributed by atoms with E-state index in [1.54, 1.807) is 12.3 Å². The standard InChI is InChI=1S/C19H14N4O2S/c24-18(25)11-13(19-21-16-8-4-5-9-17(16)26-19)10-14-12-20-23(22-14)15-6-2-1-3-7-15/h1-10,12H,11H2,(H,24,25)/b13-10+. The van der Waals surface area contributed by atoms with E-state index in [0.717, 1.165) is 15.9 Å². The summed E-state index contributed by atoms with van der Waals surface area (Å²) in [6.07, 6.45) is 3.22. The maximum absolute atomic E-state index is 11.3. The number of rotatable bonds is 5. The third kappa shape index (κ3) is 3.38. The van der Waals surface area contributed by atoms with Crippen molar-refractivity contribution in [2.45, 2.75) is 6.42 Å². The molecule has 0 saturated heterocycles. The van der Waals surface area contributed by atoms with Crippen molar-refractivity contribution < 1.29 is 9.90 Å². The van der Waals surface area contributed by atoms with E-state index >= 15 is 0 Å². The normalized spacial score (nSPS) is 11.8. The third-order valence-corrected chi connectivity index (χ3v) is 4.84. The number of hydrogen-bond acceptors (Lipinski definition) is 5. The Morgan fingerprint density at radius 1 is 1.12 bits per heavy atom. The van der Waals surface area contributed by atoms with Crippen molar-refractivity contribution >= 4 is 39.2 Å². The first-order valence-corrected chi connectivity index (χ1v) is 8.77. The van der Waals surface area contributed by atoms with Crippen molar-refractivity contribution in [1.82, 2.24) is 20.0 Å². The number of fused-ring (bicyclic) bond motifs is 1. The zero-order chi connectivity index (χ0) is 17.9. The second kappa shape index (κ2) is 6.89. The van der Waals surface area contributed by atoms with Gasteiger partial charge in [0, 0.05) is 5.57 Å². The van der Waals surface area contributed by atoms with Gasteiger partial charge in [0.15, 0.2) is 0 Å². The quantitative estimate of drug-likeness (QED) is 0.582. The lowest BCUT2D eigenvalue weighted by molar-refractivity contribution is -0.135. The van der Waals surface area contributed by atoms with Crippen LogP contribution < -0.4 is 0 Å². The summed E-state index contributed by atoms with van der Waals surface area (Å²) in [4.78, 5) is 17.4. The Bertz CT molecular complexity index is 1070. The van der Waals surface area contributed by atoms with Crippen molar-refractivity contribution in [3.05, 3.63) is 71.5 Å². The largest absolute Gasteiger partial charge is 0.481 e. The van der Waals surface area contributed by atoms with E-state index in [-0.39, 0.29) is 6.42 Å². The maximum atomic E-state index is 11.3. The minimum atomic E-state index is -0.911. The number of carbonyl (C=O) groups is 1. The van der Waals surface area contributed by atoms with Gasteiger partial charge in [0.05, 0.1) is 28.5 Å². The fourth-order valence-electron chi connectivity index (χ4n) is 2.57. The van der Waals surface area contributed by atoms with Gasteiger partial charge in [0.1, 0.15) is 10.7 Å². The van der Waals surface area contributed by atoms with E-state index in [1.165, 1.54) is 16.1 Å². The van der Waals surface area contributed by atoms with Crippen LogP contribution in [-0.4, -0.2) is 31.1 Å². The monoisotopic (exact) mass is 362 g/mol. The molecule has 7 heteroatoms. The summed E-state index contributed by atoms with van der Waals surface area (Å²) in [5.41, 5.74) is 2.90. The van der Waals surface area contributed by atoms with Gasteiger partial charge in [0.2, 0.25) is 0 Å². The fraction of sp³-hybridized carbons (Fsp3) is 0.0526. The molecule has 0 saturated carbocycles. The van der Waals surface area contributed by atoms with Gasteiger partial charge < -0.3 is 5.11 Å². The van der Waals surface area contributed by atoms with Crippen LogP contribution in [0.3, 0.4) is 0 Å². The molecule has 4 rings (SSSR count). The Balaban J connectivity index is 1.72. The summed E-state index contributed by atoms with van der Waals surface area (Å²) in [5.74, 6) is -0.911. The molecule has 0 atom stereocenters. The molecule has 128 valence electrons. The second-order valence-electron chi connectivity index (χ2n) is 5.62. The number of aliphatic carboxylic acids is 1. The molecule has 0 radical (unpaired) electrons. The molecule has 4 aromatic rings. The Hall–Kier alpha value is -3.32. The number of para-hydroxylation sites is 2. The summed E-state index contributed by atoms with van der Waals surface area (Å²) < 4.78 is 1.02. The van der Waals surface area contributed by atoms with Gasteiger partial charge in [-0.05, 0) is 30.3 Å². The fourth-order valence-corrected chi connectivity index (χ4v) is 3.55. The lowest BCUT2D eigenvalue weighted by atomic mass is 10.1. The minimum absolute atomic E-state index is 0.127. The highest BCUT2D eigenvalue weighted by atomic mass is 32.1. The summed E-state index contributed by atoms with van der Waals surface area (Å²) in [5, 5.41) is 18.6. The van der Waals surface area contributed by atoms with Gasteiger partial charge >= 0.3 is 5.97 Å². The van der Waals surface area contributed by atoms with Crippen LogP contribution >= 0.6 is 11.3 Å². The van der Waals surface area contributed by atoms with Gasteiger partial charge in [-0.2, -0.15) is 9.90 Å². The molecule has 0 aliphatic rings. The Kier molecular flexibility index (Phi) is 4.28. The number of aromatic nitrogens is 4. The van der Waals surface area contributed by atoms with Crippen molar-refractivity contribution in [2.75, 3.05) is 0 Å². The molecule has 0 fully saturated rings. The van der Waals surface area contributed by atoms with Crippen LogP contribution in [0.1, 0.15) is 17.1 Å². The highest BCUT2D eigenvalue weighted by Crippen LogP contribution is 2.30. The number of carboxylic acid groups (broad SMARTS) is 1. The van der Waals surface area contributed by atoms with Crippen LogP contribution in [0.2, 0.25) is 0 Å². The van der Waals surface area contributed by atoms with Crippen LogP contribution in [0.5, 0.6) is 0 Å². The van der Waals surface area contributed by atoms with Crippen molar-refractivity contribution in [2.24, 2.45) is 0 Å². The lowest BCUT2D eigenvalue weighted by Gasteiger charge is -2.00. The van der Waals surface area contributed by atoms with Crippen LogP contribution in [0.15, 0.2) is 60.8 Å². The average molecular weight is 362 g/mol. The highest BCUT2D eigenvalue weighted by molar-refractivity contribution is 7.19. The molecule has 2 aromatic carbocycles. The van der Waals surface area contributed by atoms with Gasteiger partial charge in [-0.15, -0.1) is 16.4 Å². The van der Waals surface area contributed by atoms with Crippen molar-refractivity contribution in [3.8, 4) is 5.69 Å². The molecule has 6 nitrogen and oxygen atoms in total. The number of thiazole rings is 1. The van der Waals surface area contributed by atoms with Gasteiger partial charge in [0.25, 0.3) is 0 Å². The van der Waals surface area contributed by atoms with Gasteiger partial charge in [-0.1, -0.05) is 30.3 Å². The van der Waals surface area contributed by atoms with E-state index < -0.39 is 5.97 Å². The zero-order valence-electron chi connectivity index (χ0n) is 13.6. The first-order chi connectivity index (χ1) is 12.7. The van der Waals surface area contributed by atoms with Gasteiger partial charge in [-0.25, -0.2) is 4.98 Å². The predicted octanol–water partition coefficient (Wildman–Crippen LogP) is 3.89. The minimum Gasteiger partial charge on any atom is -0.481 e. The van der Waals surface area contributed by atoms with E-state index in [0.29, 0.717) is 16.3 Å². The molecule has 26 heavy (non-hydrogen) atoms. The topological polar surface area (TPSA) is 80.9 Å². The first-order valence-electron chi connectivity index (χ1n) is 7.95. The molecular formula is C19H14N4O2S. The third-order valence-electron chi connectivity index (χ3n) is 3.73. The van der Waals surface area contributed by atoms with E-state index in [1.807, 2.05) is 54.6 Å². The predicted molar refractivity (Wildman–Crippen MR) is 101 cm³/mol. The molecule has 2 aromatic heterocycles. The molecule has 0 amide bonds. The lowest BCUT2D eigenvalue weighted by Crippen LogP contribution is -1.99. The van der Waals surface area contributed by atoms with E-state index in [4.69, 9.17) is 0 Å². The number of hydrogen-bond donors (Lipinski definition) is 1. The summed E-state index contributed by atoms with van der Waals surface area (Å²) in [6, 6.07) is 17.3. The summed E-state index contributed by atoms with van der Waals surface area (Å²) in [6.45, 7) is 0. The van der Waals surface area contributed by atoms with Crippen LogP contribution in [0, 0.1) is 0 Å². The molecule has 2 heterocycles. The van der Waals surface area contributed by atoms with Crippen LogP contribution in [0.4, 0.5) is 0 Å². The molecule has 0 spiro atoms. The van der Waals surface area contributed by atoms with Crippen LogP contribution in [-0.2, 0) is 4.79 Å². The van der Waals surface area contributed by atoms with Crippen molar-refractivity contribution in [1.29, 1.82) is 0 Å². The Morgan fingerprint density at radius 3 is 2.65 bits per heavy atom. The van der Waals surface area contributed by atoms with E-state index in [2.05, 4.69) is 15.2 Å². The molecular weight excluding hydrogens is 348 g/mol. The SMILES string of the molecule is O=C(O)C/C(=C\c1cnn(-c2ccccc2)n1)c1nc2ccccc2s1. The average Bonchev–Trinajstić information content (AvgIpc) is 3.28. The number of nitrogens with zero attached hydrogens (tertiary/aromatic N) is 4. The Morgan fingerprint density at radius 2 is 1.88 bits per heavy atom. The Labute approximate surface area is 153 Å². The molecule has 0 bridgehead atoms. The highest BCUT2D eigenvalue weighted by Gasteiger charge is 2.13. The van der Waals surface area contributed by atoms with Crippen LogP contribution in [0.25, 0.3) is 27.6 Å². The van der Waals surface area contributed by atoms with Gasteiger partial charge in [-0.3, -0.25) is 4.79 Å². The van der Waals surface area contributed by atoms with E-state index in [9.17, 15) is 9.90 Å². The number of carboxylic acids is 1. The molecule has 1 N–H and O–H groups in total. The second-order valence-corrected chi connectivity index (χ2v) is 6.65. The molecule has 0 unspecified atom stereocenters. The first kappa shape index (κ1) is 16.2. The molecule has 0 aliphatic heterocycles. The van der Waals surface area contributed by atoms with Crippen molar-refractivity contribution in [3.63, 3.8) is 0 Å². The zero-order valence-corrected chi connectivity index (χ0v) is 14.4.